The molecule has 14 heteroatoms. The van der Waals surface area contributed by atoms with Crippen molar-refractivity contribution in [1.29, 1.82) is 0 Å². The molecule has 1 heterocycles. The van der Waals surface area contributed by atoms with Gasteiger partial charge in [-0.1, -0.05) is 18.5 Å². The second-order valence-electron chi connectivity index (χ2n) is 5.68. The van der Waals surface area contributed by atoms with E-state index in [-0.39, 0.29) is 11.9 Å². The minimum absolute atomic E-state index is 0.183. The van der Waals surface area contributed by atoms with Crippen molar-refractivity contribution in [1.82, 2.24) is 4.98 Å². The predicted octanol–water partition coefficient (Wildman–Crippen LogP) is 4.48. The standard InChI is InChI=1S/C16H13ClF3N2O7P/c1-2-30(27,28-8-14(23)24)13-6-10(3-4-12(13)22(25)26)29-15-11(17)5-9(7-21-15)16(18,19)20/h3-7H,2,8H2,1H3,(H,23,24). The molecule has 1 N–H and O–H groups in total. The second-order valence-corrected chi connectivity index (χ2v) is 8.80. The van der Waals surface area contributed by atoms with Crippen LogP contribution < -0.4 is 10.0 Å². The smallest absolute Gasteiger partial charge is 0.417 e. The van der Waals surface area contributed by atoms with Crippen LogP contribution in [0.5, 0.6) is 11.6 Å². The summed E-state index contributed by atoms with van der Waals surface area (Å²) in [6.45, 7) is 0.424. The molecule has 0 fully saturated rings. The van der Waals surface area contributed by atoms with Crippen LogP contribution in [0.1, 0.15) is 12.5 Å². The Morgan fingerprint density at radius 2 is 2.03 bits per heavy atom. The van der Waals surface area contributed by atoms with Crippen molar-refractivity contribution in [2.24, 2.45) is 0 Å². The average molecular weight is 469 g/mol. The van der Waals surface area contributed by atoms with Gasteiger partial charge in [0.2, 0.25) is 13.2 Å². The van der Waals surface area contributed by atoms with E-state index in [9.17, 15) is 32.6 Å². The molecule has 0 amide bonds. The molecule has 0 spiro atoms. The largest absolute Gasteiger partial charge is 0.480 e. The van der Waals surface area contributed by atoms with E-state index in [1.165, 1.54) is 6.92 Å². The van der Waals surface area contributed by atoms with Gasteiger partial charge in [-0.05, 0) is 12.1 Å². The summed E-state index contributed by atoms with van der Waals surface area (Å²) >= 11 is 5.77. The summed E-state index contributed by atoms with van der Waals surface area (Å²) in [5, 5.41) is 19.2. The molecule has 1 atom stereocenters. The van der Waals surface area contributed by atoms with Crippen LogP contribution in [-0.2, 0) is 20.1 Å². The molecule has 0 aliphatic rings. The highest BCUT2D eigenvalue weighted by Crippen LogP contribution is 2.48. The maximum Gasteiger partial charge on any atom is 0.417 e. The van der Waals surface area contributed by atoms with E-state index in [4.69, 9.17) is 26.0 Å². The number of nitro groups is 1. The van der Waals surface area contributed by atoms with E-state index >= 15 is 0 Å². The number of ether oxygens (including phenoxy) is 1. The number of nitro benzene ring substituents is 1. The summed E-state index contributed by atoms with van der Waals surface area (Å²) < 4.78 is 61.4. The molecule has 0 radical (unpaired) electrons. The predicted molar refractivity (Wildman–Crippen MR) is 98.8 cm³/mol. The first-order valence-corrected chi connectivity index (χ1v) is 10.2. The number of halogens is 4. The third kappa shape index (κ3) is 5.47. The molecule has 30 heavy (non-hydrogen) atoms. The van der Waals surface area contributed by atoms with Crippen molar-refractivity contribution in [2.75, 3.05) is 12.8 Å². The summed E-state index contributed by atoms with van der Waals surface area (Å²) in [5.74, 6) is -2.04. The lowest BCUT2D eigenvalue weighted by molar-refractivity contribution is -0.383. The molecule has 0 saturated heterocycles. The number of aromatic nitrogens is 1. The van der Waals surface area contributed by atoms with Gasteiger partial charge in [0, 0.05) is 24.5 Å². The minimum Gasteiger partial charge on any atom is -0.480 e. The lowest BCUT2D eigenvalue weighted by Crippen LogP contribution is -2.17. The van der Waals surface area contributed by atoms with Crippen molar-refractivity contribution >= 4 is 35.9 Å². The van der Waals surface area contributed by atoms with Crippen LogP contribution >= 0.6 is 19.0 Å². The van der Waals surface area contributed by atoms with Gasteiger partial charge in [-0.3, -0.25) is 14.7 Å². The molecule has 1 aromatic heterocycles. The molecule has 2 rings (SSSR count). The van der Waals surface area contributed by atoms with Gasteiger partial charge in [0.05, 0.1) is 10.5 Å². The van der Waals surface area contributed by atoms with Crippen LogP contribution in [-0.4, -0.2) is 33.8 Å². The monoisotopic (exact) mass is 468 g/mol. The molecule has 162 valence electrons. The Kier molecular flexibility index (Phi) is 7.06. The van der Waals surface area contributed by atoms with Gasteiger partial charge in [0.1, 0.15) is 16.1 Å². The molecule has 1 aromatic carbocycles. The van der Waals surface area contributed by atoms with Crippen LogP contribution in [0, 0.1) is 10.1 Å². The number of hydrogen-bond donors (Lipinski definition) is 1. The van der Waals surface area contributed by atoms with E-state index in [0.717, 1.165) is 18.2 Å². The summed E-state index contributed by atoms with van der Waals surface area (Å²) in [5.41, 5.74) is -1.72. The SMILES string of the molecule is CCP(=O)(OCC(=O)O)c1cc(Oc2ncc(C(F)(F)F)cc2Cl)ccc1[N+](=O)[O-]. The topological polar surface area (TPSA) is 129 Å². The van der Waals surface area contributed by atoms with Crippen LogP contribution in [0.4, 0.5) is 18.9 Å². The van der Waals surface area contributed by atoms with E-state index in [0.29, 0.717) is 12.3 Å². The summed E-state index contributed by atoms with van der Waals surface area (Å²) in [4.78, 5) is 24.7. The zero-order valence-corrected chi connectivity index (χ0v) is 16.7. The highest BCUT2D eigenvalue weighted by Gasteiger charge is 2.34. The lowest BCUT2D eigenvalue weighted by Gasteiger charge is -2.17. The number of benzene rings is 1. The molecule has 9 nitrogen and oxygen atoms in total. The number of carboxylic acids is 1. The van der Waals surface area contributed by atoms with Gasteiger partial charge in [-0.25, -0.2) is 9.78 Å². The zero-order chi connectivity index (χ0) is 22.7. The second kappa shape index (κ2) is 8.99. The third-order valence-electron chi connectivity index (χ3n) is 3.67. The molecular weight excluding hydrogens is 456 g/mol. The molecule has 0 aliphatic heterocycles. The fraction of sp³-hybridized carbons (Fsp3) is 0.250. The number of rotatable bonds is 8. The first-order valence-electron chi connectivity index (χ1n) is 8.02. The highest BCUT2D eigenvalue weighted by atomic mass is 35.5. The molecular formula is C16H13ClF3N2O7P. The van der Waals surface area contributed by atoms with Gasteiger partial charge < -0.3 is 14.4 Å². The number of carbonyl (C=O) groups is 1. The Bertz CT molecular complexity index is 1030. The molecule has 0 bridgehead atoms. The maximum absolute atomic E-state index is 13.0. The fourth-order valence-electron chi connectivity index (χ4n) is 2.25. The van der Waals surface area contributed by atoms with Crippen molar-refractivity contribution in [3.05, 3.63) is 51.2 Å². The first kappa shape index (κ1) is 23.6. The Hall–Kier alpha value is -2.69. The van der Waals surface area contributed by atoms with Crippen LogP contribution in [0.15, 0.2) is 30.5 Å². The van der Waals surface area contributed by atoms with Crippen molar-refractivity contribution in [2.45, 2.75) is 13.1 Å². The maximum atomic E-state index is 13.0. The number of alkyl halides is 3. The molecule has 0 saturated carbocycles. The van der Waals surface area contributed by atoms with Crippen LogP contribution in [0.25, 0.3) is 0 Å². The molecule has 0 aliphatic carbocycles. The van der Waals surface area contributed by atoms with Crippen LogP contribution in [0.2, 0.25) is 5.02 Å². The molecule has 2 aromatic rings. The number of pyridine rings is 1. The van der Waals surface area contributed by atoms with Crippen LogP contribution in [0.3, 0.4) is 0 Å². The van der Waals surface area contributed by atoms with E-state index in [1.54, 1.807) is 0 Å². The average Bonchev–Trinajstić information content (AvgIpc) is 2.66. The number of carboxylic acid groups (broad SMARTS) is 1. The van der Waals surface area contributed by atoms with Gasteiger partial charge in [-0.15, -0.1) is 0 Å². The lowest BCUT2D eigenvalue weighted by atomic mass is 10.3. The van der Waals surface area contributed by atoms with Crippen molar-refractivity contribution in [3.63, 3.8) is 0 Å². The zero-order valence-electron chi connectivity index (χ0n) is 15.1. The van der Waals surface area contributed by atoms with E-state index in [2.05, 4.69) is 4.98 Å². The van der Waals surface area contributed by atoms with Crippen molar-refractivity contribution < 1.29 is 41.8 Å². The van der Waals surface area contributed by atoms with Gasteiger partial charge in [-0.2, -0.15) is 13.2 Å². The number of aliphatic carboxylic acids is 1. The molecule has 1 unspecified atom stereocenters. The van der Waals surface area contributed by atoms with Crippen molar-refractivity contribution in [3.8, 4) is 11.6 Å². The number of hydrogen-bond acceptors (Lipinski definition) is 7. The van der Waals surface area contributed by atoms with E-state index in [1.807, 2.05) is 0 Å². The Morgan fingerprint density at radius 1 is 1.37 bits per heavy atom. The van der Waals surface area contributed by atoms with Gasteiger partial charge in [0.15, 0.2) is 6.61 Å². The summed E-state index contributed by atoms with van der Waals surface area (Å²) in [6, 6.07) is 3.59. The Morgan fingerprint density at radius 3 is 2.53 bits per heavy atom. The normalized spacial score (nSPS) is 13.5. The first-order chi connectivity index (χ1) is 13.9. The summed E-state index contributed by atoms with van der Waals surface area (Å²) in [7, 11) is -3.98. The van der Waals surface area contributed by atoms with Gasteiger partial charge >= 0.3 is 12.1 Å². The van der Waals surface area contributed by atoms with Gasteiger partial charge in [0.25, 0.3) is 5.69 Å². The minimum atomic E-state index is -4.68. The number of nitrogens with zero attached hydrogens (tertiary/aromatic N) is 2. The summed E-state index contributed by atoms with van der Waals surface area (Å²) in [6.07, 6.45) is -4.45. The fourth-order valence-corrected chi connectivity index (χ4v) is 4.27. The Balaban J connectivity index is 2.46. The quantitative estimate of drug-likeness (QED) is 0.341. The van der Waals surface area contributed by atoms with E-state index < -0.39 is 58.5 Å². The third-order valence-corrected chi connectivity index (χ3v) is 6.41. The highest BCUT2D eigenvalue weighted by molar-refractivity contribution is 7.67. The Labute approximate surface area is 172 Å².